The van der Waals surface area contributed by atoms with Gasteiger partial charge in [-0.15, -0.1) is 0 Å². The van der Waals surface area contributed by atoms with Crippen molar-refractivity contribution in [2.75, 3.05) is 45.9 Å². The number of benzene rings is 1. The minimum Gasteiger partial charge on any atom is -0.486 e. The van der Waals surface area contributed by atoms with Crippen LogP contribution >= 0.6 is 0 Å². The number of nitriles is 1. The monoisotopic (exact) mass is 385 g/mol. The third kappa shape index (κ3) is 4.50. The van der Waals surface area contributed by atoms with Crippen LogP contribution < -0.4 is 9.47 Å². The maximum Gasteiger partial charge on any atom is 0.409 e. The van der Waals surface area contributed by atoms with Crippen LogP contribution in [-0.2, 0) is 4.74 Å². The van der Waals surface area contributed by atoms with Crippen LogP contribution in [0.5, 0.6) is 11.5 Å². The van der Waals surface area contributed by atoms with E-state index in [4.69, 9.17) is 19.5 Å². The number of hydrogen-bond acceptors (Lipinski definition) is 6. The molecule has 0 unspecified atom stereocenters. The summed E-state index contributed by atoms with van der Waals surface area (Å²) >= 11 is 0. The summed E-state index contributed by atoms with van der Waals surface area (Å²) in [6.07, 6.45) is 4.44. The van der Waals surface area contributed by atoms with Gasteiger partial charge in [0, 0.05) is 19.2 Å². The topological polar surface area (TPSA) is 75.0 Å². The van der Waals surface area contributed by atoms with E-state index in [0.717, 1.165) is 50.8 Å². The number of carbonyl (C=O) groups is 1. The fourth-order valence-corrected chi connectivity index (χ4v) is 4.22. The molecule has 2 fully saturated rings. The summed E-state index contributed by atoms with van der Waals surface area (Å²) in [7, 11) is 0. The van der Waals surface area contributed by atoms with Gasteiger partial charge in [0.2, 0.25) is 0 Å². The Bertz CT molecular complexity index is 740. The van der Waals surface area contributed by atoms with Crippen LogP contribution in [0, 0.1) is 17.2 Å². The van der Waals surface area contributed by atoms with E-state index < -0.39 is 0 Å². The summed E-state index contributed by atoms with van der Waals surface area (Å²) in [5, 5.41) is 9.05. The molecule has 3 aliphatic rings. The Morgan fingerprint density at radius 3 is 2.75 bits per heavy atom. The van der Waals surface area contributed by atoms with Crippen molar-refractivity contribution in [3.63, 3.8) is 0 Å². The van der Waals surface area contributed by atoms with Crippen molar-refractivity contribution in [1.29, 1.82) is 5.26 Å². The molecular formula is C21H27N3O4. The van der Waals surface area contributed by atoms with E-state index >= 15 is 0 Å². The zero-order valence-corrected chi connectivity index (χ0v) is 16.1. The minimum atomic E-state index is -0.159. The Morgan fingerprint density at radius 2 is 2.00 bits per heavy atom. The predicted molar refractivity (Wildman–Crippen MR) is 102 cm³/mol. The Morgan fingerprint density at radius 1 is 1.14 bits per heavy atom. The van der Waals surface area contributed by atoms with Crippen molar-refractivity contribution >= 4 is 6.09 Å². The number of ether oxygens (including phenoxy) is 3. The van der Waals surface area contributed by atoms with Crippen LogP contribution in [0.1, 0.15) is 31.2 Å². The van der Waals surface area contributed by atoms with Gasteiger partial charge in [-0.25, -0.2) is 4.79 Å². The molecule has 0 aliphatic carbocycles. The number of likely N-dealkylation sites (tertiary alicyclic amines) is 1. The third-order valence-corrected chi connectivity index (χ3v) is 5.85. The van der Waals surface area contributed by atoms with Crippen molar-refractivity contribution < 1.29 is 19.0 Å². The molecule has 0 bridgehead atoms. The maximum absolute atomic E-state index is 11.5. The molecule has 0 spiro atoms. The number of nitrogens with zero attached hydrogens (tertiary/aromatic N) is 3. The largest absolute Gasteiger partial charge is 0.486 e. The molecule has 3 heterocycles. The first-order valence-electron chi connectivity index (χ1n) is 10.2. The summed E-state index contributed by atoms with van der Waals surface area (Å²) in [6, 6.07) is 7.45. The average Bonchev–Trinajstić information content (AvgIpc) is 3.13. The number of amides is 1. The van der Waals surface area contributed by atoms with Gasteiger partial charge in [-0.05, 0) is 56.8 Å². The number of hydrogen-bond donors (Lipinski definition) is 0. The fraction of sp³-hybridized carbons (Fsp3) is 0.619. The zero-order valence-electron chi connectivity index (χ0n) is 16.1. The second-order valence-electron chi connectivity index (χ2n) is 7.81. The Hall–Kier alpha value is -2.46. The highest BCUT2D eigenvalue weighted by atomic mass is 16.6. The van der Waals surface area contributed by atoms with E-state index in [0.29, 0.717) is 24.5 Å². The molecular weight excluding hydrogens is 358 g/mol. The standard InChI is InChI=1S/C21H27N3O4/c22-13-17-3-4-19-20(12-17)28-18(15-27-19)14-23-8-5-16(6-9-23)2-1-7-24-10-11-26-21(24)25/h3-4,12,16,18H,1-2,5-11,14-15H2/t18-/m0/s1. The van der Waals surface area contributed by atoms with E-state index in [1.165, 1.54) is 19.3 Å². The van der Waals surface area contributed by atoms with Crippen molar-refractivity contribution in [3.05, 3.63) is 23.8 Å². The van der Waals surface area contributed by atoms with Crippen LogP contribution in [0.4, 0.5) is 4.79 Å². The zero-order chi connectivity index (χ0) is 19.3. The molecule has 1 aromatic rings. The van der Waals surface area contributed by atoms with Gasteiger partial charge in [-0.1, -0.05) is 0 Å². The Kier molecular flexibility index (Phi) is 5.87. The SMILES string of the molecule is N#Cc1ccc2c(c1)O[C@@H](CN1CCC(CCCN3CCOC3=O)CC1)CO2. The molecule has 0 saturated carbocycles. The molecule has 7 heteroatoms. The normalized spacial score (nSPS) is 22.8. The predicted octanol–water partition coefficient (Wildman–Crippen LogP) is 2.64. The lowest BCUT2D eigenvalue weighted by molar-refractivity contribution is 0.0470. The highest BCUT2D eigenvalue weighted by Gasteiger charge is 2.27. The highest BCUT2D eigenvalue weighted by molar-refractivity contribution is 5.69. The Labute approximate surface area is 165 Å². The van der Waals surface area contributed by atoms with Gasteiger partial charge in [0.15, 0.2) is 11.5 Å². The average molecular weight is 385 g/mol. The van der Waals surface area contributed by atoms with Crippen molar-refractivity contribution in [2.24, 2.45) is 5.92 Å². The smallest absolute Gasteiger partial charge is 0.409 e. The van der Waals surface area contributed by atoms with Crippen LogP contribution in [0.15, 0.2) is 18.2 Å². The second-order valence-corrected chi connectivity index (χ2v) is 7.81. The number of fused-ring (bicyclic) bond motifs is 1. The van der Waals surface area contributed by atoms with E-state index in [1.54, 1.807) is 18.2 Å². The highest BCUT2D eigenvalue weighted by Crippen LogP contribution is 2.33. The van der Waals surface area contributed by atoms with Gasteiger partial charge in [0.1, 0.15) is 19.3 Å². The van der Waals surface area contributed by atoms with Gasteiger partial charge < -0.3 is 19.1 Å². The van der Waals surface area contributed by atoms with Crippen molar-refractivity contribution in [2.45, 2.75) is 31.8 Å². The van der Waals surface area contributed by atoms with Crippen LogP contribution in [-0.4, -0.2) is 67.9 Å². The number of cyclic esters (lactones) is 1. The number of rotatable bonds is 6. The first kappa shape index (κ1) is 18.9. The summed E-state index contributed by atoms with van der Waals surface area (Å²) < 4.78 is 16.8. The lowest BCUT2D eigenvalue weighted by Gasteiger charge is -2.35. The van der Waals surface area contributed by atoms with Crippen molar-refractivity contribution in [1.82, 2.24) is 9.80 Å². The van der Waals surface area contributed by atoms with E-state index in [9.17, 15) is 4.79 Å². The number of piperidine rings is 1. The molecule has 28 heavy (non-hydrogen) atoms. The minimum absolute atomic E-state index is 0.000767. The molecule has 1 atom stereocenters. The first-order valence-corrected chi connectivity index (χ1v) is 10.2. The van der Waals surface area contributed by atoms with Gasteiger partial charge in [0.05, 0.1) is 18.2 Å². The molecule has 0 aromatic heterocycles. The van der Waals surface area contributed by atoms with Gasteiger partial charge in [-0.3, -0.25) is 4.90 Å². The fourth-order valence-electron chi connectivity index (χ4n) is 4.22. The van der Waals surface area contributed by atoms with Gasteiger partial charge in [0.25, 0.3) is 0 Å². The van der Waals surface area contributed by atoms with Crippen LogP contribution in [0.2, 0.25) is 0 Å². The summed E-state index contributed by atoms with van der Waals surface area (Å²) in [5.74, 6) is 2.12. The molecule has 2 saturated heterocycles. The van der Waals surface area contributed by atoms with Gasteiger partial charge >= 0.3 is 6.09 Å². The molecule has 4 rings (SSSR count). The molecule has 1 amide bonds. The van der Waals surface area contributed by atoms with E-state index in [1.807, 2.05) is 4.90 Å². The molecule has 3 aliphatic heterocycles. The number of carbonyl (C=O) groups excluding carboxylic acids is 1. The second kappa shape index (κ2) is 8.70. The molecule has 150 valence electrons. The van der Waals surface area contributed by atoms with Crippen LogP contribution in [0.25, 0.3) is 0 Å². The van der Waals surface area contributed by atoms with Gasteiger partial charge in [-0.2, -0.15) is 5.26 Å². The first-order chi connectivity index (χ1) is 13.7. The van der Waals surface area contributed by atoms with Crippen LogP contribution in [0.3, 0.4) is 0 Å². The van der Waals surface area contributed by atoms with E-state index in [2.05, 4.69) is 11.0 Å². The van der Waals surface area contributed by atoms with E-state index in [-0.39, 0.29) is 12.2 Å². The molecule has 0 N–H and O–H groups in total. The molecule has 1 aromatic carbocycles. The summed E-state index contributed by atoms with van der Waals surface area (Å²) in [4.78, 5) is 15.7. The third-order valence-electron chi connectivity index (χ3n) is 5.85. The molecule has 0 radical (unpaired) electrons. The maximum atomic E-state index is 11.5. The molecule has 7 nitrogen and oxygen atoms in total. The Balaban J connectivity index is 1.17. The van der Waals surface area contributed by atoms with Crippen molar-refractivity contribution in [3.8, 4) is 17.6 Å². The summed E-state index contributed by atoms with van der Waals surface area (Å²) in [6.45, 7) is 5.62. The lowest BCUT2D eigenvalue weighted by atomic mass is 9.92. The summed E-state index contributed by atoms with van der Waals surface area (Å²) in [5.41, 5.74) is 0.589. The lowest BCUT2D eigenvalue weighted by Crippen LogP contribution is -2.44. The quantitative estimate of drug-likeness (QED) is 0.749.